The highest BCUT2D eigenvalue weighted by molar-refractivity contribution is 9.10. The molecule has 0 aliphatic rings. The molecule has 0 radical (unpaired) electrons. The number of hydrogen-bond donors (Lipinski definition) is 1. The van der Waals surface area contributed by atoms with Gasteiger partial charge in [0.25, 0.3) is 0 Å². The lowest BCUT2D eigenvalue weighted by Crippen LogP contribution is -2.13. The largest absolute Gasteiger partial charge is 0.323 e. The smallest absolute Gasteiger partial charge is 0.132 e. The van der Waals surface area contributed by atoms with Gasteiger partial charge in [-0.2, -0.15) is 5.26 Å². The van der Waals surface area contributed by atoms with Crippen LogP contribution in [0.1, 0.15) is 18.0 Å². The number of hydrogen-bond acceptors (Lipinski definition) is 2. The van der Waals surface area contributed by atoms with Crippen LogP contribution in [-0.2, 0) is 0 Å². The number of halogens is 3. The molecule has 14 heavy (non-hydrogen) atoms. The number of nitriles is 1. The van der Waals surface area contributed by atoms with Crippen molar-refractivity contribution in [3.8, 4) is 6.07 Å². The summed E-state index contributed by atoms with van der Waals surface area (Å²) in [6.45, 7) is 0. The first-order valence-electron chi connectivity index (χ1n) is 3.83. The predicted molar refractivity (Wildman–Crippen MR) is 51.2 cm³/mol. The molecule has 1 aromatic carbocycles. The zero-order chi connectivity index (χ0) is 10.7. The van der Waals surface area contributed by atoms with E-state index in [0.717, 1.165) is 12.1 Å². The SMILES string of the molecule is N#CC[C@H](N)c1c(F)cc(Br)cc1F. The van der Waals surface area contributed by atoms with E-state index >= 15 is 0 Å². The normalized spacial score (nSPS) is 12.2. The van der Waals surface area contributed by atoms with Crippen molar-refractivity contribution in [2.45, 2.75) is 12.5 Å². The molecular formula is C9H7BrF2N2. The molecule has 1 rings (SSSR count). The zero-order valence-corrected chi connectivity index (χ0v) is 8.68. The van der Waals surface area contributed by atoms with Gasteiger partial charge in [-0.25, -0.2) is 8.78 Å². The van der Waals surface area contributed by atoms with E-state index in [1.165, 1.54) is 0 Å². The number of benzene rings is 1. The Kier molecular flexibility index (Phi) is 3.55. The summed E-state index contributed by atoms with van der Waals surface area (Å²) in [6.07, 6.45) is -0.116. The lowest BCUT2D eigenvalue weighted by Gasteiger charge is -2.10. The summed E-state index contributed by atoms with van der Waals surface area (Å²) >= 11 is 2.95. The summed E-state index contributed by atoms with van der Waals surface area (Å²) in [4.78, 5) is 0. The van der Waals surface area contributed by atoms with E-state index < -0.39 is 17.7 Å². The summed E-state index contributed by atoms with van der Waals surface area (Å²) < 4.78 is 26.8. The van der Waals surface area contributed by atoms with Gasteiger partial charge in [0.1, 0.15) is 11.6 Å². The van der Waals surface area contributed by atoms with Crippen molar-refractivity contribution in [3.63, 3.8) is 0 Å². The Morgan fingerprint density at radius 3 is 2.36 bits per heavy atom. The molecule has 0 heterocycles. The third-order valence-corrected chi connectivity index (χ3v) is 2.18. The first-order chi connectivity index (χ1) is 6.56. The molecule has 2 nitrogen and oxygen atoms in total. The van der Waals surface area contributed by atoms with Crippen LogP contribution in [0.2, 0.25) is 0 Å². The van der Waals surface area contributed by atoms with Crippen LogP contribution in [-0.4, -0.2) is 0 Å². The molecule has 0 saturated carbocycles. The molecule has 0 aliphatic carbocycles. The van der Waals surface area contributed by atoms with Gasteiger partial charge in [0.05, 0.1) is 12.5 Å². The highest BCUT2D eigenvalue weighted by atomic mass is 79.9. The summed E-state index contributed by atoms with van der Waals surface area (Å²) in [5.41, 5.74) is 5.20. The number of nitrogens with two attached hydrogens (primary N) is 1. The van der Waals surface area contributed by atoms with Crippen molar-refractivity contribution in [1.29, 1.82) is 5.26 Å². The molecule has 0 saturated heterocycles. The summed E-state index contributed by atoms with van der Waals surface area (Å²) in [6, 6.07) is 3.08. The molecule has 0 bridgehead atoms. The quantitative estimate of drug-likeness (QED) is 0.889. The Morgan fingerprint density at radius 2 is 1.93 bits per heavy atom. The molecular weight excluding hydrogens is 254 g/mol. The fourth-order valence-electron chi connectivity index (χ4n) is 1.11. The highest BCUT2D eigenvalue weighted by Crippen LogP contribution is 2.24. The van der Waals surface area contributed by atoms with E-state index in [1.807, 2.05) is 0 Å². The second kappa shape index (κ2) is 4.49. The van der Waals surface area contributed by atoms with E-state index in [0.29, 0.717) is 4.47 Å². The monoisotopic (exact) mass is 260 g/mol. The lowest BCUT2D eigenvalue weighted by molar-refractivity contribution is 0.527. The maximum absolute atomic E-state index is 13.2. The minimum atomic E-state index is -0.923. The third kappa shape index (κ3) is 2.28. The number of rotatable bonds is 2. The van der Waals surface area contributed by atoms with E-state index in [9.17, 15) is 8.78 Å². The molecule has 0 unspecified atom stereocenters. The van der Waals surface area contributed by atoms with Gasteiger partial charge in [-0.3, -0.25) is 0 Å². The zero-order valence-electron chi connectivity index (χ0n) is 7.10. The first-order valence-corrected chi connectivity index (χ1v) is 4.62. The molecule has 0 aliphatic heterocycles. The molecule has 1 atom stereocenters. The van der Waals surface area contributed by atoms with Gasteiger partial charge in [-0.1, -0.05) is 15.9 Å². The summed E-state index contributed by atoms with van der Waals surface area (Å²) in [5, 5.41) is 8.35. The topological polar surface area (TPSA) is 49.8 Å². The minimum absolute atomic E-state index is 0.116. The Balaban J connectivity index is 3.15. The fourth-order valence-corrected chi connectivity index (χ4v) is 1.51. The average Bonchev–Trinajstić information content (AvgIpc) is 2.01. The highest BCUT2D eigenvalue weighted by Gasteiger charge is 2.17. The maximum Gasteiger partial charge on any atom is 0.132 e. The van der Waals surface area contributed by atoms with Crippen molar-refractivity contribution >= 4 is 15.9 Å². The van der Waals surface area contributed by atoms with Crippen molar-refractivity contribution in [1.82, 2.24) is 0 Å². The van der Waals surface area contributed by atoms with Crippen LogP contribution in [0.25, 0.3) is 0 Å². The van der Waals surface area contributed by atoms with Crippen molar-refractivity contribution < 1.29 is 8.78 Å². The molecule has 0 spiro atoms. The van der Waals surface area contributed by atoms with Crippen LogP contribution < -0.4 is 5.73 Å². The van der Waals surface area contributed by atoms with E-state index in [4.69, 9.17) is 11.0 Å². The van der Waals surface area contributed by atoms with E-state index in [1.54, 1.807) is 6.07 Å². The summed E-state index contributed by atoms with van der Waals surface area (Å²) in [7, 11) is 0. The maximum atomic E-state index is 13.2. The van der Waals surface area contributed by atoms with Gasteiger partial charge in [-0.05, 0) is 12.1 Å². The molecule has 0 amide bonds. The van der Waals surface area contributed by atoms with Gasteiger partial charge < -0.3 is 5.73 Å². The van der Waals surface area contributed by atoms with Crippen LogP contribution in [0.3, 0.4) is 0 Å². The Labute approximate surface area is 88.5 Å². The molecule has 0 fully saturated rings. The first kappa shape index (κ1) is 11.1. The van der Waals surface area contributed by atoms with Gasteiger partial charge in [0.15, 0.2) is 0 Å². The van der Waals surface area contributed by atoms with Crippen molar-refractivity contribution in [2.75, 3.05) is 0 Å². The van der Waals surface area contributed by atoms with Gasteiger partial charge in [-0.15, -0.1) is 0 Å². The molecule has 74 valence electrons. The molecule has 1 aromatic rings. The van der Waals surface area contributed by atoms with Crippen LogP contribution in [0.5, 0.6) is 0 Å². The Morgan fingerprint density at radius 1 is 1.43 bits per heavy atom. The predicted octanol–water partition coefficient (Wildman–Crippen LogP) is 2.64. The second-order valence-electron chi connectivity index (χ2n) is 2.75. The molecule has 2 N–H and O–H groups in total. The van der Waals surface area contributed by atoms with Crippen LogP contribution >= 0.6 is 15.9 Å². The van der Waals surface area contributed by atoms with Crippen LogP contribution in [0.15, 0.2) is 16.6 Å². The molecule has 0 aromatic heterocycles. The average molecular weight is 261 g/mol. The van der Waals surface area contributed by atoms with Gasteiger partial charge >= 0.3 is 0 Å². The Bertz CT molecular complexity index is 364. The fraction of sp³-hybridized carbons (Fsp3) is 0.222. The second-order valence-corrected chi connectivity index (χ2v) is 3.67. The molecule has 5 heteroatoms. The summed E-state index contributed by atoms with van der Waals surface area (Å²) in [5.74, 6) is -1.47. The van der Waals surface area contributed by atoms with E-state index in [-0.39, 0.29) is 12.0 Å². The van der Waals surface area contributed by atoms with Crippen LogP contribution in [0, 0.1) is 23.0 Å². The number of nitrogens with zero attached hydrogens (tertiary/aromatic N) is 1. The standard InChI is InChI=1S/C9H7BrF2N2/c10-5-3-6(11)9(7(12)4-5)8(14)1-2-13/h3-4,8H,1,14H2/t8-/m0/s1. The Hall–Kier alpha value is -0.990. The van der Waals surface area contributed by atoms with Gasteiger partial charge in [0.2, 0.25) is 0 Å². The minimum Gasteiger partial charge on any atom is -0.323 e. The van der Waals surface area contributed by atoms with Crippen LogP contribution in [0.4, 0.5) is 8.78 Å². The van der Waals surface area contributed by atoms with Crippen molar-refractivity contribution in [3.05, 3.63) is 33.8 Å². The van der Waals surface area contributed by atoms with Gasteiger partial charge in [0, 0.05) is 16.1 Å². The van der Waals surface area contributed by atoms with E-state index in [2.05, 4.69) is 15.9 Å². The third-order valence-electron chi connectivity index (χ3n) is 1.73. The lowest BCUT2D eigenvalue weighted by atomic mass is 10.0. The van der Waals surface area contributed by atoms with Crippen molar-refractivity contribution in [2.24, 2.45) is 5.73 Å².